The van der Waals surface area contributed by atoms with Crippen molar-refractivity contribution in [3.05, 3.63) is 35.4 Å². The van der Waals surface area contributed by atoms with Gasteiger partial charge in [0, 0.05) is 45.4 Å². The zero-order valence-corrected chi connectivity index (χ0v) is 29.7. The van der Waals surface area contributed by atoms with Gasteiger partial charge in [-0.2, -0.15) is 4.98 Å². The molecule has 11 nitrogen and oxygen atoms in total. The zero-order chi connectivity index (χ0) is 33.3. The van der Waals surface area contributed by atoms with E-state index in [1.807, 2.05) is 36.6 Å². The lowest BCUT2D eigenvalue weighted by atomic mass is 9.93. The maximum Gasteiger partial charge on any atom is 0.306 e. The number of aliphatic hydroxyl groups is 1. The summed E-state index contributed by atoms with van der Waals surface area (Å²) in [6.45, 7) is 13.9. The molecule has 0 saturated carbocycles. The summed E-state index contributed by atoms with van der Waals surface area (Å²) in [5, 5.41) is 10.7. The number of carbonyl (C=O) groups is 1. The molecular formula is C34H47ClN4O7Si. The average Bonchev–Trinajstić information content (AvgIpc) is 3.69. The minimum absolute atomic E-state index is 0.0773. The Balaban J connectivity index is 1.19. The minimum atomic E-state index is -1.28. The fourth-order valence-electron chi connectivity index (χ4n) is 6.40. The second kappa shape index (κ2) is 14.4. The van der Waals surface area contributed by atoms with Crippen LogP contribution in [0.25, 0.3) is 22.4 Å². The Kier molecular flexibility index (Phi) is 10.5. The Morgan fingerprint density at radius 2 is 1.81 bits per heavy atom. The lowest BCUT2D eigenvalue weighted by molar-refractivity contribution is -0.148. The van der Waals surface area contributed by atoms with Crippen molar-refractivity contribution < 1.29 is 33.6 Å². The number of esters is 1. The normalized spacial score (nSPS) is 23.5. The monoisotopic (exact) mass is 686 g/mol. The Hall–Kier alpha value is -2.74. The maximum absolute atomic E-state index is 12.1. The summed E-state index contributed by atoms with van der Waals surface area (Å²) in [6, 6.07) is 11.5. The molecule has 47 heavy (non-hydrogen) atoms. The van der Waals surface area contributed by atoms with E-state index in [2.05, 4.69) is 36.7 Å². The van der Waals surface area contributed by atoms with Gasteiger partial charge in [0.05, 0.1) is 30.0 Å². The van der Waals surface area contributed by atoms with Gasteiger partial charge in [-0.25, -0.2) is 4.98 Å². The van der Waals surface area contributed by atoms with Crippen molar-refractivity contribution in [2.24, 2.45) is 5.92 Å². The number of anilines is 1. The minimum Gasteiger partial charge on any atom is -0.463 e. The van der Waals surface area contributed by atoms with Crippen LogP contribution in [0.5, 0.6) is 6.01 Å². The van der Waals surface area contributed by atoms with E-state index in [9.17, 15) is 9.90 Å². The number of rotatable bonds is 12. The third kappa shape index (κ3) is 8.11. The summed E-state index contributed by atoms with van der Waals surface area (Å²) in [6.07, 6.45) is 0.443. The molecule has 13 heteroatoms. The molecule has 3 aliphatic rings. The largest absolute Gasteiger partial charge is 0.463 e. The van der Waals surface area contributed by atoms with E-state index in [0.717, 1.165) is 43.2 Å². The van der Waals surface area contributed by atoms with Gasteiger partial charge in [-0.3, -0.25) is 9.36 Å². The Morgan fingerprint density at radius 3 is 2.51 bits per heavy atom. The second-order valence-corrected chi connectivity index (χ2v) is 20.4. The Morgan fingerprint density at radius 1 is 1.09 bits per heavy atom. The molecule has 3 saturated heterocycles. The SMILES string of the molecule is CC(C)OC(=O)CC1CCN(c2ccc(-c3nc4c(cc3Cl)nc(O[C@@H]3CO[C@H]5[C@@H]3OC[C@H]5O)n4COCC[Si](C)(C)C)cc2)CC1. The molecule has 2 aromatic heterocycles. The first-order valence-electron chi connectivity index (χ1n) is 16.7. The smallest absolute Gasteiger partial charge is 0.306 e. The summed E-state index contributed by atoms with van der Waals surface area (Å²) in [4.78, 5) is 24.2. The summed E-state index contributed by atoms with van der Waals surface area (Å²) in [5.41, 5.74) is 3.87. The highest BCUT2D eigenvalue weighted by atomic mass is 35.5. The van der Waals surface area contributed by atoms with Crippen molar-refractivity contribution in [2.45, 2.75) is 96.0 Å². The highest BCUT2D eigenvalue weighted by molar-refractivity contribution is 6.76. The van der Waals surface area contributed by atoms with Crippen LogP contribution >= 0.6 is 11.6 Å². The van der Waals surface area contributed by atoms with E-state index in [4.69, 9.17) is 45.3 Å². The number of ether oxygens (including phenoxy) is 5. The van der Waals surface area contributed by atoms with Crippen LogP contribution in [-0.2, 0) is 30.5 Å². The van der Waals surface area contributed by atoms with Gasteiger partial charge < -0.3 is 33.7 Å². The summed E-state index contributed by atoms with van der Waals surface area (Å²) in [7, 11) is -1.28. The average molecular weight is 687 g/mol. The van der Waals surface area contributed by atoms with E-state index in [-0.39, 0.29) is 31.5 Å². The molecule has 1 N–H and O–H groups in total. The van der Waals surface area contributed by atoms with Crippen LogP contribution in [0, 0.1) is 5.92 Å². The van der Waals surface area contributed by atoms with Gasteiger partial charge in [-0.15, -0.1) is 0 Å². The standard InChI is InChI=1S/C34H47ClN4O7Si/c1-21(2)45-29(41)16-22-10-12-38(13-11-22)24-8-6-23(7-9-24)30-25(35)17-26-33(37-30)39(20-42-14-15-47(3,4)5)34(36-26)46-28-19-44-31-27(40)18-43-32(28)31/h6-9,17,21-22,27-28,31-32,40H,10-16,18-20H2,1-5H3/t27-,28-,31-,32-/m1/s1. The molecule has 0 unspecified atom stereocenters. The van der Waals surface area contributed by atoms with Gasteiger partial charge in [0.25, 0.3) is 0 Å². The molecule has 0 spiro atoms. The molecule has 1 aromatic carbocycles. The van der Waals surface area contributed by atoms with Crippen LogP contribution < -0.4 is 9.64 Å². The van der Waals surface area contributed by atoms with Crippen molar-refractivity contribution in [3.63, 3.8) is 0 Å². The van der Waals surface area contributed by atoms with E-state index in [1.54, 1.807) is 0 Å². The third-order valence-electron chi connectivity index (χ3n) is 9.04. The van der Waals surface area contributed by atoms with E-state index < -0.39 is 26.4 Å². The van der Waals surface area contributed by atoms with Gasteiger partial charge in [0.1, 0.15) is 30.6 Å². The number of carbonyl (C=O) groups excluding carboxylic acids is 1. The lowest BCUT2D eigenvalue weighted by Crippen LogP contribution is -2.35. The number of benzene rings is 1. The number of halogens is 1. The number of fused-ring (bicyclic) bond motifs is 2. The van der Waals surface area contributed by atoms with Crippen LogP contribution in [0.2, 0.25) is 30.7 Å². The van der Waals surface area contributed by atoms with Crippen LogP contribution in [0.15, 0.2) is 30.3 Å². The van der Waals surface area contributed by atoms with Gasteiger partial charge in [0.15, 0.2) is 11.8 Å². The van der Waals surface area contributed by atoms with Crippen molar-refractivity contribution in [3.8, 4) is 17.3 Å². The van der Waals surface area contributed by atoms with Crippen LogP contribution in [0.4, 0.5) is 5.69 Å². The topological polar surface area (TPSA) is 117 Å². The number of imidazole rings is 1. The first-order valence-corrected chi connectivity index (χ1v) is 20.8. The van der Waals surface area contributed by atoms with E-state index in [1.165, 1.54) is 0 Å². The first-order chi connectivity index (χ1) is 22.4. The van der Waals surface area contributed by atoms with Crippen LogP contribution in [0.3, 0.4) is 0 Å². The summed E-state index contributed by atoms with van der Waals surface area (Å²) < 4.78 is 31.3. The molecule has 4 atom stereocenters. The number of piperidine rings is 1. The predicted octanol–water partition coefficient (Wildman–Crippen LogP) is 5.53. The van der Waals surface area contributed by atoms with Crippen molar-refractivity contribution >= 4 is 42.5 Å². The van der Waals surface area contributed by atoms with Crippen molar-refractivity contribution in [1.29, 1.82) is 0 Å². The predicted molar refractivity (Wildman–Crippen MR) is 183 cm³/mol. The molecule has 0 bridgehead atoms. The van der Waals surface area contributed by atoms with Gasteiger partial charge in [-0.1, -0.05) is 43.4 Å². The van der Waals surface area contributed by atoms with Gasteiger partial charge in [0.2, 0.25) is 0 Å². The van der Waals surface area contributed by atoms with Crippen LogP contribution in [-0.4, -0.2) is 97.1 Å². The summed E-state index contributed by atoms with van der Waals surface area (Å²) in [5.74, 6) is 0.246. The fourth-order valence-corrected chi connectivity index (χ4v) is 7.41. The molecule has 3 fully saturated rings. The number of nitrogens with zero attached hydrogens (tertiary/aromatic N) is 4. The molecule has 3 aliphatic heterocycles. The number of hydrogen-bond acceptors (Lipinski definition) is 10. The molecule has 6 rings (SSSR count). The molecular weight excluding hydrogens is 640 g/mol. The zero-order valence-electron chi connectivity index (χ0n) is 28.0. The highest BCUT2D eigenvalue weighted by Crippen LogP contribution is 2.35. The lowest BCUT2D eigenvalue weighted by Gasteiger charge is -2.33. The molecule has 256 valence electrons. The highest BCUT2D eigenvalue weighted by Gasteiger charge is 2.49. The third-order valence-corrected chi connectivity index (χ3v) is 11.0. The molecule has 0 aliphatic carbocycles. The van der Waals surface area contributed by atoms with E-state index in [0.29, 0.717) is 53.4 Å². The van der Waals surface area contributed by atoms with Crippen molar-refractivity contribution in [1.82, 2.24) is 14.5 Å². The Labute approximate surface area is 282 Å². The number of hydrogen-bond donors (Lipinski definition) is 1. The molecule has 0 radical (unpaired) electrons. The Bertz CT molecular complexity index is 1540. The maximum atomic E-state index is 12.1. The summed E-state index contributed by atoms with van der Waals surface area (Å²) >= 11 is 6.82. The fraction of sp³-hybridized carbons (Fsp3) is 0.618. The molecule has 5 heterocycles. The van der Waals surface area contributed by atoms with E-state index >= 15 is 0 Å². The van der Waals surface area contributed by atoms with Gasteiger partial charge in [-0.05, 0) is 56.9 Å². The van der Waals surface area contributed by atoms with Gasteiger partial charge >= 0.3 is 12.0 Å². The van der Waals surface area contributed by atoms with Crippen molar-refractivity contribution in [2.75, 3.05) is 37.8 Å². The number of pyridine rings is 1. The number of aromatic nitrogens is 3. The van der Waals surface area contributed by atoms with Crippen LogP contribution in [0.1, 0.15) is 33.1 Å². The number of aliphatic hydroxyl groups excluding tert-OH is 1. The second-order valence-electron chi connectivity index (χ2n) is 14.4. The first kappa shape index (κ1) is 34.1. The molecule has 0 amide bonds. The quantitative estimate of drug-likeness (QED) is 0.148. The molecule has 3 aromatic rings.